The van der Waals surface area contributed by atoms with Gasteiger partial charge in [-0.3, -0.25) is 4.79 Å². The van der Waals surface area contributed by atoms with Gasteiger partial charge in [0.25, 0.3) is 0 Å². The van der Waals surface area contributed by atoms with Crippen molar-refractivity contribution in [2.24, 2.45) is 5.92 Å². The second-order valence-electron chi connectivity index (χ2n) is 4.87. The Morgan fingerprint density at radius 3 is 2.58 bits per heavy atom. The van der Waals surface area contributed by atoms with E-state index in [1.807, 2.05) is 13.8 Å². The van der Waals surface area contributed by atoms with Gasteiger partial charge in [0.2, 0.25) is 0 Å². The van der Waals surface area contributed by atoms with Crippen LogP contribution in [0, 0.1) is 5.92 Å². The number of hydrogen-bond acceptors (Lipinski definition) is 4. The Morgan fingerprint density at radius 1 is 1.47 bits per heavy atom. The molecule has 0 bridgehead atoms. The first-order chi connectivity index (χ1) is 8.86. The molecule has 0 aliphatic carbocycles. The van der Waals surface area contributed by atoms with Crippen LogP contribution in [-0.4, -0.2) is 17.7 Å². The monoisotopic (exact) mass is 329 g/mol. The summed E-state index contributed by atoms with van der Waals surface area (Å²) in [6, 6.07) is 3.35. The normalized spacial score (nSPS) is 12.5. The fourth-order valence-electron chi connectivity index (χ4n) is 1.93. The molecular formula is C14H20BrNO3. The maximum absolute atomic E-state index is 12.0. The van der Waals surface area contributed by atoms with E-state index in [-0.39, 0.29) is 23.3 Å². The molecule has 5 heteroatoms. The molecule has 0 aliphatic heterocycles. The van der Waals surface area contributed by atoms with E-state index < -0.39 is 0 Å². The van der Waals surface area contributed by atoms with E-state index in [1.54, 1.807) is 19.1 Å². The van der Waals surface area contributed by atoms with Crippen LogP contribution in [0.2, 0.25) is 0 Å². The fraction of sp³-hybridized carbons (Fsp3) is 0.500. The average molecular weight is 330 g/mol. The van der Waals surface area contributed by atoms with Crippen LogP contribution < -0.4 is 5.73 Å². The Balaban J connectivity index is 3.13. The molecule has 0 spiro atoms. The number of esters is 1. The third-order valence-corrected chi connectivity index (χ3v) is 3.40. The van der Waals surface area contributed by atoms with Gasteiger partial charge in [0.15, 0.2) is 5.75 Å². The summed E-state index contributed by atoms with van der Waals surface area (Å²) in [5, 5.41) is 9.65. The summed E-state index contributed by atoms with van der Waals surface area (Å²) in [5.74, 6) is -0.272. The molecule has 1 unspecified atom stereocenters. The molecule has 0 amide bonds. The zero-order chi connectivity index (χ0) is 14.6. The Labute approximate surface area is 122 Å². The van der Waals surface area contributed by atoms with Gasteiger partial charge in [0.05, 0.1) is 22.7 Å². The maximum atomic E-state index is 12.0. The number of benzene rings is 1. The van der Waals surface area contributed by atoms with Gasteiger partial charge in [-0.1, -0.05) is 13.8 Å². The summed E-state index contributed by atoms with van der Waals surface area (Å²) in [6.45, 7) is 6.23. The minimum atomic E-state index is -0.362. The third kappa shape index (κ3) is 4.13. The number of carbonyl (C=O) groups excluding carboxylic acids is 1. The van der Waals surface area contributed by atoms with Crippen molar-refractivity contribution in [2.75, 3.05) is 12.3 Å². The minimum absolute atomic E-state index is 0.00379. The van der Waals surface area contributed by atoms with Gasteiger partial charge in [0.1, 0.15) is 0 Å². The molecule has 1 aromatic carbocycles. The zero-order valence-corrected chi connectivity index (χ0v) is 13.0. The van der Waals surface area contributed by atoms with Gasteiger partial charge < -0.3 is 15.6 Å². The van der Waals surface area contributed by atoms with E-state index in [0.29, 0.717) is 23.4 Å². The van der Waals surface area contributed by atoms with Crippen molar-refractivity contribution >= 4 is 27.6 Å². The van der Waals surface area contributed by atoms with Crippen molar-refractivity contribution in [1.29, 1.82) is 0 Å². The molecule has 0 aliphatic rings. The lowest BCUT2D eigenvalue weighted by atomic mass is 9.90. The summed E-state index contributed by atoms with van der Waals surface area (Å²) in [7, 11) is 0. The number of rotatable bonds is 5. The van der Waals surface area contributed by atoms with Crippen molar-refractivity contribution < 1.29 is 14.6 Å². The molecule has 0 saturated carbocycles. The Bertz CT molecular complexity index is 437. The topological polar surface area (TPSA) is 72.5 Å². The molecule has 1 aromatic rings. The van der Waals surface area contributed by atoms with E-state index in [2.05, 4.69) is 15.9 Å². The summed E-state index contributed by atoms with van der Waals surface area (Å²) in [6.07, 6.45) is 0.676. The molecule has 0 saturated heterocycles. The summed E-state index contributed by atoms with van der Waals surface area (Å²) in [5.41, 5.74) is 6.74. The van der Waals surface area contributed by atoms with Gasteiger partial charge in [-0.15, -0.1) is 0 Å². The van der Waals surface area contributed by atoms with Gasteiger partial charge in [-0.05, 0) is 52.9 Å². The molecule has 19 heavy (non-hydrogen) atoms. The van der Waals surface area contributed by atoms with Crippen LogP contribution in [0.4, 0.5) is 5.69 Å². The van der Waals surface area contributed by atoms with E-state index in [4.69, 9.17) is 10.5 Å². The number of nitrogen functional groups attached to an aromatic ring is 1. The Hall–Kier alpha value is -1.23. The van der Waals surface area contributed by atoms with Gasteiger partial charge in [-0.2, -0.15) is 0 Å². The minimum Gasteiger partial charge on any atom is -0.505 e. The number of anilines is 1. The van der Waals surface area contributed by atoms with Crippen LogP contribution in [0.1, 0.15) is 38.7 Å². The second kappa shape index (κ2) is 6.80. The number of phenols is 1. The van der Waals surface area contributed by atoms with Crippen molar-refractivity contribution in [3.63, 3.8) is 0 Å². The Morgan fingerprint density at radius 2 is 2.11 bits per heavy atom. The van der Waals surface area contributed by atoms with Crippen molar-refractivity contribution in [3.05, 3.63) is 22.2 Å². The van der Waals surface area contributed by atoms with Crippen LogP contribution in [0.3, 0.4) is 0 Å². The lowest BCUT2D eigenvalue weighted by Gasteiger charge is -2.19. The van der Waals surface area contributed by atoms with Crippen LogP contribution >= 0.6 is 15.9 Å². The molecular weight excluding hydrogens is 310 g/mol. The Kier molecular flexibility index (Phi) is 5.66. The number of hydrogen-bond donors (Lipinski definition) is 2. The summed E-state index contributed by atoms with van der Waals surface area (Å²) in [4.78, 5) is 12.0. The van der Waals surface area contributed by atoms with Crippen molar-refractivity contribution in [1.82, 2.24) is 0 Å². The van der Waals surface area contributed by atoms with Crippen molar-refractivity contribution in [2.45, 2.75) is 33.1 Å². The quantitative estimate of drug-likeness (QED) is 0.493. The van der Waals surface area contributed by atoms with E-state index in [0.717, 1.165) is 5.56 Å². The van der Waals surface area contributed by atoms with E-state index >= 15 is 0 Å². The van der Waals surface area contributed by atoms with Crippen LogP contribution in [-0.2, 0) is 9.53 Å². The summed E-state index contributed by atoms with van der Waals surface area (Å²) < 4.78 is 5.60. The van der Waals surface area contributed by atoms with Crippen LogP contribution in [0.15, 0.2) is 16.6 Å². The third-order valence-electron chi connectivity index (χ3n) is 2.80. The number of phenolic OH excluding ortho intramolecular Hbond substituents is 1. The SMILES string of the molecule is CCOC(=O)C(CC(C)C)c1cc(N)c(O)c(Br)c1. The highest BCUT2D eigenvalue weighted by Crippen LogP contribution is 2.36. The smallest absolute Gasteiger partial charge is 0.313 e. The molecule has 0 heterocycles. The predicted molar refractivity (Wildman–Crippen MR) is 79.0 cm³/mol. The number of halogens is 1. The molecule has 1 rings (SSSR count). The highest BCUT2D eigenvalue weighted by atomic mass is 79.9. The standard InChI is InChI=1S/C14H20BrNO3/c1-4-19-14(18)10(5-8(2)3)9-6-11(15)13(17)12(16)7-9/h6-8,10,17H,4-5,16H2,1-3H3. The molecule has 3 N–H and O–H groups in total. The van der Waals surface area contributed by atoms with Crippen LogP contribution in [0.25, 0.3) is 0 Å². The van der Waals surface area contributed by atoms with Gasteiger partial charge >= 0.3 is 5.97 Å². The predicted octanol–water partition coefficient (Wildman–Crippen LogP) is 3.43. The number of aromatic hydroxyl groups is 1. The highest BCUT2D eigenvalue weighted by Gasteiger charge is 2.24. The first-order valence-electron chi connectivity index (χ1n) is 6.31. The molecule has 1 atom stereocenters. The van der Waals surface area contributed by atoms with Gasteiger partial charge in [0, 0.05) is 0 Å². The lowest BCUT2D eigenvalue weighted by molar-refractivity contribution is -0.145. The fourth-order valence-corrected chi connectivity index (χ4v) is 2.42. The number of nitrogens with two attached hydrogens (primary N) is 1. The van der Waals surface area contributed by atoms with Crippen molar-refractivity contribution in [3.8, 4) is 5.75 Å². The van der Waals surface area contributed by atoms with E-state index in [9.17, 15) is 9.90 Å². The first kappa shape index (κ1) is 15.8. The average Bonchev–Trinajstić information content (AvgIpc) is 2.32. The number of carbonyl (C=O) groups is 1. The van der Waals surface area contributed by atoms with Gasteiger partial charge in [-0.25, -0.2) is 0 Å². The first-order valence-corrected chi connectivity index (χ1v) is 7.10. The number of ether oxygens (including phenoxy) is 1. The zero-order valence-electron chi connectivity index (χ0n) is 11.4. The molecule has 4 nitrogen and oxygen atoms in total. The van der Waals surface area contributed by atoms with Crippen LogP contribution in [0.5, 0.6) is 5.75 Å². The lowest BCUT2D eigenvalue weighted by Crippen LogP contribution is -2.18. The maximum Gasteiger partial charge on any atom is 0.313 e. The molecule has 0 aromatic heterocycles. The second-order valence-corrected chi connectivity index (χ2v) is 5.73. The highest BCUT2D eigenvalue weighted by molar-refractivity contribution is 9.10. The molecule has 0 radical (unpaired) electrons. The molecule has 106 valence electrons. The largest absolute Gasteiger partial charge is 0.505 e. The summed E-state index contributed by atoms with van der Waals surface area (Å²) >= 11 is 3.24. The van der Waals surface area contributed by atoms with E-state index in [1.165, 1.54) is 0 Å². The molecule has 0 fully saturated rings.